The first-order valence-corrected chi connectivity index (χ1v) is 8.78. The molecule has 6 nitrogen and oxygen atoms in total. The number of nitrogens with zero attached hydrogens (tertiary/aromatic N) is 2. The van der Waals surface area contributed by atoms with Gasteiger partial charge in [-0.25, -0.2) is 4.79 Å². The first-order chi connectivity index (χ1) is 11.8. The molecule has 0 spiro atoms. The lowest BCUT2D eigenvalue weighted by atomic mass is 10.2. The van der Waals surface area contributed by atoms with Crippen LogP contribution >= 0.6 is 0 Å². The van der Waals surface area contributed by atoms with E-state index < -0.39 is 0 Å². The Morgan fingerprint density at radius 3 is 2.88 bits per heavy atom. The SMILES string of the molecule is COCCOc1cccc(NC(=O)N2CC[C@H](N3CCCC3)C2)c1. The molecule has 24 heavy (non-hydrogen) atoms. The molecule has 1 atom stereocenters. The number of carbonyl (C=O) groups is 1. The first kappa shape index (κ1) is 17.0. The number of anilines is 1. The van der Waals surface area contributed by atoms with Crippen LogP contribution in [0.4, 0.5) is 10.5 Å². The molecule has 2 aliphatic heterocycles. The number of likely N-dealkylation sites (tertiary alicyclic amines) is 2. The maximum atomic E-state index is 12.5. The van der Waals surface area contributed by atoms with Crippen molar-refractivity contribution in [2.75, 3.05) is 51.8 Å². The van der Waals surface area contributed by atoms with Crippen molar-refractivity contribution in [2.24, 2.45) is 0 Å². The Bertz CT molecular complexity index is 546. The molecule has 0 saturated carbocycles. The minimum atomic E-state index is -0.0225. The Morgan fingerprint density at radius 2 is 2.08 bits per heavy atom. The molecule has 1 aromatic carbocycles. The third kappa shape index (κ3) is 4.39. The summed E-state index contributed by atoms with van der Waals surface area (Å²) in [5.74, 6) is 0.737. The number of hydrogen-bond donors (Lipinski definition) is 1. The lowest BCUT2D eigenvalue weighted by molar-refractivity contribution is 0.146. The van der Waals surface area contributed by atoms with Crippen LogP contribution in [0.3, 0.4) is 0 Å². The van der Waals surface area contributed by atoms with E-state index in [1.807, 2.05) is 29.2 Å². The van der Waals surface area contributed by atoms with Gasteiger partial charge in [-0.1, -0.05) is 6.07 Å². The van der Waals surface area contributed by atoms with Gasteiger partial charge in [-0.05, 0) is 44.5 Å². The number of hydrogen-bond acceptors (Lipinski definition) is 4. The second kappa shape index (κ2) is 8.35. The van der Waals surface area contributed by atoms with Gasteiger partial charge in [-0.3, -0.25) is 4.90 Å². The maximum Gasteiger partial charge on any atom is 0.321 e. The number of urea groups is 1. The van der Waals surface area contributed by atoms with Crippen LogP contribution in [0.15, 0.2) is 24.3 Å². The summed E-state index contributed by atoms with van der Waals surface area (Å²) in [5.41, 5.74) is 0.763. The molecular weight excluding hydrogens is 306 g/mol. The molecule has 2 saturated heterocycles. The highest BCUT2D eigenvalue weighted by molar-refractivity contribution is 5.89. The van der Waals surface area contributed by atoms with E-state index in [4.69, 9.17) is 9.47 Å². The van der Waals surface area contributed by atoms with Gasteiger partial charge in [0.25, 0.3) is 0 Å². The Morgan fingerprint density at radius 1 is 1.25 bits per heavy atom. The zero-order chi connectivity index (χ0) is 16.8. The molecule has 0 aliphatic carbocycles. The zero-order valence-electron chi connectivity index (χ0n) is 14.4. The molecule has 2 amide bonds. The fourth-order valence-electron chi connectivity index (χ4n) is 3.44. The van der Waals surface area contributed by atoms with Crippen molar-refractivity contribution < 1.29 is 14.3 Å². The van der Waals surface area contributed by atoms with Crippen LogP contribution in [0.5, 0.6) is 5.75 Å². The highest BCUT2D eigenvalue weighted by Crippen LogP contribution is 2.22. The fraction of sp³-hybridized carbons (Fsp3) is 0.611. The number of methoxy groups -OCH3 is 1. The summed E-state index contributed by atoms with van der Waals surface area (Å²) in [5, 5.41) is 2.98. The first-order valence-electron chi connectivity index (χ1n) is 8.78. The molecule has 2 aliphatic rings. The molecule has 1 aromatic rings. The van der Waals surface area contributed by atoms with Crippen LogP contribution in [0.2, 0.25) is 0 Å². The topological polar surface area (TPSA) is 54.0 Å². The van der Waals surface area contributed by atoms with Crippen molar-refractivity contribution in [3.63, 3.8) is 0 Å². The van der Waals surface area contributed by atoms with Gasteiger partial charge in [-0.15, -0.1) is 0 Å². The van der Waals surface area contributed by atoms with Gasteiger partial charge in [-0.2, -0.15) is 0 Å². The van der Waals surface area contributed by atoms with Gasteiger partial charge in [0.05, 0.1) is 6.61 Å². The molecule has 0 aromatic heterocycles. The predicted molar refractivity (Wildman–Crippen MR) is 93.6 cm³/mol. The quantitative estimate of drug-likeness (QED) is 0.812. The second-order valence-corrected chi connectivity index (χ2v) is 6.43. The van der Waals surface area contributed by atoms with Gasteiger partial charge in [0.15, 0.2) is 0 Å². The molecule has 2 fully saturated rings. The van der Waals surface area contributed by atoms with E-state index in [-0.39, 0.29) is 6.03 Å². The van der Waals surface area contributed by atoms with Gasteiger partial charge in [0, 0.05) is 38.0 Å². The van der Waals surface area contributed by atoms with Crippen LogP contribution in [0.25, 0.3) is 0 Å². The highest BCUT2D eigenvalue weighted by Gasteiger charge is 2.31. The number of carbonyl (C=O) groups excluding carboxylic acids is 1. The molecule has 0 radical (unpaired) electrons. The molecule has 0 bridgehead atoms. The van der Waals surface area contributed by atoms with Crippen LogP contribution in [0, 0.1) is 0 Å². The van der Waals surface area contributed by atoms with Crippen molar-refractivity contribution in [1.82, 2.24) is 9.80 Å². The van der Waals surface area contributed by atoms with E-state index in [9.17, 15) is 4.79 Å². The zero-order valence-corrected chi connectivity index (χ0v) is 14.4. The summed E-state index contributed by atoms with van der Waals surface area (Å²) < 4.78 is 10.6. The van der Waals surface area contributed by atoms with Crippen molar-refractivity contribution >= 4 is 11.7 Å². The molecular formula is C18H27N3O3. The third-order valence-electron chi connectivity index (χ3n) is 4.75. The summed E-state index contributed by atoms with van der Waals surface area (Å²) in [6.45, 7) is 5.06. The fourth-order valence-corrected chi connectivity index (χ4v) is 3.44. The molecule has 3 rings (SSSR count). The van der Waals surface area contributed by atoms with Crippen LogP contribution in [0.1, 0.15) is 19.3 Å². The average Bonchev–Trinajstić information content (AvgIpc) is 3.27. The van der Waals surface area contributed by atoms with E-state index in [1.54, 1.807) is 7.11 Å². The van der Waals surface area contributed by atoms with Crippen LogP contribution in [-0.4, -0.2) is 68.4 Å². The maximum absolute atomic E-state index is 12.5. The number of benzene rings is 1. The highest BCUT2D eigenvalue weighted by atomic mass is 16.5. The number of rotatable bonds is 6. The average molecular weight is 333 g/mol. The smallest absolute Gasteiger partial charge is 0.321 e. The minimum Gasteiger partial charge on any atom is -0.491 e. The molecule has 1 N–H and O–H groups in total. The second-order valence-electron chi connectivity index (χ2n) is 6.43. The summed E-state index contributed by atoms with van der Waals surface area (Å²) in [6, 6.07) is 8.00. The van der Waals surface area contributed by atoms with E-state index in [1.165, 1.54) is 25.9 Å². The number of amides is 2. The number of nitrogens with one attached hydrogen (secondary N) is 1. The van der Waals surface area contributed by atoms with Gasteiger partial charge in [0.2, 0.25) is 0 Å². The minimum absolute atomic E-state index is 0.0225. The summed E-state index contributed by atoms with van der Waals surface area (Å²) in [4.78, 5) is 16.9. The van der Waals surface area contributed by atoms with Gasteiger partial charge in [0.1, 0.15) is 12.4 Å². The lowest BCUT2D eigenvalue weighted by Gasteiger charge is -2.23. The Hall–Kier alpha value is -1.79. The monoisotopic (exact) mass is 333 g/mol. The Balaban J connectivity index is 1.50. The van der Waals surface area contributed by atoms with Crippen LogP contribution in [-0.2, 0) is 4.74 Å². The summed E-state index contributed by atoms with van der Waals surface area (Å²) >= 11 is 0. The van der Waals surface area contributed by atoms with Gasteiger partial charge >= 0.3 is 6.03 Å². The van der Waals surface area contributed by atoms with E-state index in [0.717, 1.165) is 30.9 Å². The molecule has 2 heterocycles. The Kier molecular flexibility index (Phi) is 5.93. The normalized spacial score (nSPS) is 21.2. The Labute approximate surface area is 143 Å². The van der Waals surface area contributed by atoms with E-state index >= 15 is 0 Å². The lowest BCUT2D eigenvalue weighted by Crippen LogP contribution is -2.38. The van der Waals surface area contributed by atoms with Crippen molar-refractivity contribution in [3.05, 3.63) is 24.3 Å². The van der Waals surface area contributed by atoms with Crippen molar-refractivity contribution in [3.8, 4) is 5.75 Å². The third-order valence-corrected chi connectivity index (χ3v) is 4.75. The summed E-state index contributed by atoms with van der Waals surface area (Å²) in [7, 11) is 1.64. The molecule has 0 unspecified atom stereocenters. The van der Waals surface area contributed by atoms with Gasteiger partial charge < -0.3 is 19.7 Å². The number of ether oxygens (including phenoxy) is 2. The van der Waals surface area contributed by atoms with Crippen molar-refractivity contribution in [1.29, 1.82) is 0 Å². The molecule has 6 heteroatoms. The summed E-state index contributed by atoms with van der Waals surface area (Å²) in [6.07, 6.45) is 3.66. The predicted octanol–water partition coefficient (Wildman–Crippen LogP) is 2.41. The van der Waals surface area contributed by atoms with Crippen molar-refractivity contribution in [2.45, 2.75) is 25.3 Å². The van der Waals surface area contributed by atoms with E-state index in [0.29, 0.717) is 19.3 Å². The molecule has 132 valence electrons. The van der Waals surface area contributed by atoms with Crippen LogP contribution < -0.4 is 10.1 Å². The van der Waals surface area contributed by atoms with E-state index in [2.05, 4.69) is 10.2 Å². The standard InChI is InChI=1S/C18H27N3O3/c1-23-11-12-24-17-6-4-5-15(13-17)19-18(22)21-10-7-16(14-21)20-8-2-3-9-20/h4-6,13,16H,2-3,7-12,14H2,1H3,(H,19,22)/t16-/m0/s1. The largest absolute Gasteiger partial charge is 0.491 e.